The molecule has 0 saturated heterocycles. The highest BCUT2D eigenvalue weighted by Crippen LogP contribution is 2.66. The molecule has 1 aromatic rings. The Labute approximate surface area is 151 Å². The highest BCUT2D eigenvalue weighted by molar-refractivity contribution is 6.74. The highest BCUT2D eigenvalue weighted by atomic mass is 35.5. The van der Waals surface area contributed by atoms with Crippen molar-refractivity contribution >= 4 is 31.5 Å². The molecule has 2 nitrogen and oxygen atoms in total. The first-order valence-electron chi connectivity index (χ1n) is 8.16. The van der Waals surface area contributed by atoms with E-state index in [1.807, 2.05) is 12.1 Å². The summed E-state index contributed by atoms with van der Waals surface area (Å²) >= 11 is 13.0. The zero-order valence-electron chi connectivity index (χ0n) is 15.0. The van der Waals surface area contributed by atoms with Crippen molar-refractivity contribution in [2.45, 2.75) is 55.6 Å². The minimum Gasteiger partial charge on any atom is -0.497 e. The van der Waals surface area contributed by atoms with E-state index in [0.717, 1.165) is 18.8 Å². The largest absolute Gasteiger partial charge is 0.497 e. The summed E-state index contributed by atoms with van der Waals surface area (Å²) in [5.41, 5.74) is 1.17. The lowest BCUT2D eigenvalue weighted by atomic mass is 10.1. The van der Waals surface area contributed by atoms with Crippen LogP contribution in [-0.4, -0.2) is 26.4 Å². The van der Waals surface area contributed by atoms with Gasteiger partial charge in [-0.15, -0.1) is 23.2 Å². The molecule has 5 heteroatoms. The van der Waals surface area contributed by atoms with Crippen LogP contribution in [0.3, 0.4) is 0 Å². The van der Waals surface area contributed by atoms with Crippen LogP contribution >= 0.6 is 23.2 Å². The minimum atomic E-state index is -1.71. The van der Waals surface area contributed by atoms with Crippen molar-refractivity contribution in [2.24, 2.45) is 5.92 Å². The molecule has 0 aliphatic heterocycles. The predicted molar refractivity (Wildman–Crippen MR) is 101 cm³/mol. The van der Waals surface area contributed by atoms with Crippen LogP contribution in [0.1, 0.15) is 38.7 Å². The molecule has 1 saturated carbocycles. The fraction of sp³-hybridized carbons (Fsp3) is 0.667. The van der Waals surface area contributed by atoms with Gasteiger partial charge in [0.2, 0.25) is 0 Å². The van der Waals surface area contributed by atoms with Gasteiger partial charge in [0.05, 0.1) is 7.11 Å². The third-order valence-corrected chi connectivity index (χ3v) is 10.9. The summed E-state index contributed by atoms with van der Waals surface area (Å²) in [5.74, 6) is 1.28. The third-order valence-electron chi connectivity index (χ3n) is 5.38. The second-order valence-corrected chi connectivity index (χ2v) is 14.2. The summed E-state index contributed by atoms with van der Waals surface area (Å²) in [6.07, 6.45) is 0.899. The first kappa shape index (κ1) is 19.1. The quantitative estimate of drug-likeness (QED) is 0.449. The van der Waals surface area contributed by atoms with Crippen molar-refractivity contribution in [2.75, 3.05) is 13.7 Å². The molecule has 130 valence electrons. The van der Waals surface area contributed by atoms with E-state index in [9.17, 15) is 0 Å². The highest BCUT2D eigenvalue weighted by Gasteiger charge is 2.63. The fourth-order valence-corrected chi connectivity index (χ4v) is 4.63. The molecular formula is C18H28Cl2O2Si. The Bertz CT molecular complexity index is 535. The summed E-state index contributed by atoms with van der Waals surface area (Å²) < 4.78 is 10.8. The third kappa shape index (κ3) is 4.06. The van der Waals surface area contributed by atoms with Gasteiger partial charge in [-0.1, -0.05) is 32.9 Å². The maximum absolute atomic E-state index is 6.51. The predicted octanol–water partition coefficient (Wildman–Crippen LogP) is 5.99. The number of alkyl halides is 2. The average molecular weight is 375 g/mol. The van der Waals surface area contributed by atoms with Crippen LogP contribution in [0.25, 0.3) is 0 Å². The van der Waals surface area contributed by atoms with E-state index >= 15 is 0 Å². The van der Waals surface area contributed by atoms with Gasteiger partial charge < -0.3 is 9.16 Å². The van der Waals surface area contributed by atoms with Gasteiger partial charge in [0.1, 0.15) is 10.1 Å². The monoisotopic (exact) mass is 374 g/mol. The Balaban J connectivity index is 1.94. The van der Waals surface area contributed by atoms with Crippen molar-refractivity contribution in [3.05, 3.63) is 29.8 Å². The van der Waals surface area contributed by atoms with Crippen LogP contribution in [0.5, 0.6) is 5.75 Å². The van der Waals surface area contributed by atoms with Gasteiger partial charge in [0.25, 0.3) is 0 Å². The van der Waals surface area contributed by atoms with E-state index in [1.165, 1.54) is 5.56 Å². The lowest BCUT2D eigenvalue weighted by molar-refractivity contribution is 0.274. The van der Waals surface area contributed by atoms with Crippen molar-refractivity contribution < 1.29 is 9.16 Å². The molecule has 0 heterocycles. The lowest BCUT2D eigenvalue weighted by Gasteiger charge is -2.36. The van der Waals surface area contributed by atoms with Gasteiger partial charge in [0, 0.05) is 18.4 Å². The van der Waals surface area contributed by atoms with E-state index < -0.39 is 12.7 Å². The van der Waals surface area contributed by atoms with Crippen LogP contribution in [0.4, 0.5) is 0 Å². The van der Waals surface area contributed by atoms with Gasteiger partial charge >= 0.3 is 0 Å². The number of rotatable bonds is 6. The number of halogens is 2. The second kappa shape index (κ2) is 6.59. The molecule has 1 aliphatic rings. The van der Waals surface area contributed by atoms with Crippen molar-refractivity contribution in [1.82, 2.24) is 0 Å². The molecule has 0 radical (unpaired) electrons. The molecule has 1 aromatic carbocycles. The Morgan fingerprint density at radius 3 is 2.17 bits per heavy atom. The molecular weight excluding hydrogens is 347 g/mol. The normalized spacial score (nSPS) is 23.7. The fourth-order valence-electron chi connectivity index (χ4n) is 2.67. The smallest absolute Gasteiger partial charge is 0.191 e. The van der Waals surface area contributed by atoms with Gasteiger partial charge in [-0.25, -0.2) is 0 Å². The minimum absolute atomic E-state index is 0.180. The van der Waals surface area contributed by atoms with Crippen molar-refractivity contribution in [3.63, 3.8) is 0 Å². The summed E-state index contributed by atoms with van der Waals surface area (Å²) in [4.78, 5) is 0. The van der Waals surface area contributed by atoms with Crippen LogP contribution in [0.15, 0.2) is 24.3 Å². The SMILES string of the molecule is COc1ccc(C2C(CCO[Si](C)(C)C(C)(C)C)C2(Cl)Cl)cc1. The Morgan fingerprint density at radius 2 is 1.70 bits per heavy atom. The van der Waals surface area contributed by atoms with E-state index in [1.54, 1.807) is 7.11 Å². The molecule has 0 amide bonds. The average Bonchev–Trinajstić information content (AvgIpc) is 2.99. The summed E-state index contributed by atoms with van der Waals surface area (Å²) in [6.45, 7) is 12.0. The molecule has 0 N–H and O–H groups in total. The number of hydrogen-bond acceptors (Lipinski definition) is 2. The van der Waals surface area contributed by atoms with Crippen LogP contribution in [0, 0.1) is 5.92 Å². The molecule has 23 heavy (non-hydrogen) atoms. The number of benzene rings is 1. The molecule has 2 unspecified atom stereocenters. The summed E-state index contributed by atoms with van der Waals surface area (Å²) in [6, 6.07) is 8.02. The maximum atomic E-state index is 6.51. The van der Waals surface area contributed by atoms with E-state index in [-0.39, 0.29) is 16.9 Å². The topological polar surface area (TPSA) is 18.5 Å². The lowest BCUT2D eigenvalue weighted by Crippen LogP contribution is -2.41. The van der Waals surface area contributed by atoms with Gasteiger partial charge in [0.15, 0.2) is 8.32 Å². The van der Waals surface area contributed by atoms with Crippen molar-refractivity contribution in [1.29, 1.82) is 0 Å². The molecule has 0 aromatic heterocycles. The zero-order chi connectivity index (χ0) is 17.5. The zero-order valence-corrected chi connectivity index (χ0v) is 17.5. The number of methoxy groups -OCH3 is 1. The summed E-state index contributed by atoms with van der Waals surface area (Å²) in [7, 11) is -0.0395. The Morgan fingerprint density at radius 1 is 1.13 bits per heavy atom. The number of hydrogen-bond donors (Lipinski definition) is 0. The molecule has 2 rings (SSSR count). The summed E-state index contributed by atoms with van der Waals surface area (Å²) in [5, 5.41) is 0.227. The van der Waals surface area contributed by atoms with E-state index in [0.29, 0.717) is 0 Å². The Kier molecular flexibility index (Phi) is 5.47. The van der Waals surface area contributed by atoms with Gasteiger partial charge in [-0.2, -0.15) is 0 Å². The molecule has 1 aliphatic carbocycles. The molecule has 0 bridgehead atoms. The molecule has 0 spiro atoms. The Hall–Kier alpha value is -0.223. The van der Waals surface area contributed by atoms with Crippen LogP contribution in [0.2, 0.25) is 18.1 Å². The van der Waals surface area contributed by atoms with Gasteiger partial charge in [-0.3, -0.25) is 0 Å². The maximum Gasteiger partial charge on any atom is 0.191 e. The first-order valence-corrected chi connectivity index (χ1v) is 11.8. The van der Waals surface area contributed by atoms with Crippen molar-refractivity contribution in [3.8, 4) is 5.75 Å². The van der Waals surface area contributed by atoms with Crippen LogP contribution < -0.4 is 4.74 Å². The molecule has 1 fully saturated rings. The van der Waals surface area contributed by atoms with E-state index in [4.69, 9.17) is 32.4 Å². The van der Waals surface area contributed by atoms with E-state index in [2.05, 4.69) is 46.0 Å². The first-order chi connectivity index (χ1) is 10.5. The van der Waals surface area contributed by atoms with Crippen LogP contribution in [-0.2, 0) is 4.43 Å². The second-order valence-electron chi connectivity index (χ2n) is 7.93. The van der Waals surface area contributed by atoms with Gasteiger partial charge in [-0.05, 0) is 42.2 Å². The molecule has 2 atom stereocenters. The number of ether oxygens (including phenoxy) is 1. The standard InChI is InChI=1S/C18H28Cl2O2Si/c1-17(2,3)23(5,6)22-12-11-15-16(18(15,19)20)13-7-9-14(21-4)10-8-13/h7-10,15-16H,11-12H2,1-6H3.